The molecule has 0 bridgehead atoms. The van der Waals surface area contributed by atoms with Crippen LogP contribution >= 0.6 is 0 Å². The van der Waals surface area contributed by atoms with Crippen LogP contribution in [0.15, 0.2) is 48.5 Å². The Kier molecular flexibility index (Phi) is 5.74. The summed E-state index contributed by atoms with van der Waals surface area (Å²) in [5.41, 5.74) is 1.82. The fraction of sp³-hybridized carbons (Fsp3) is 0.316. The molecule has 0 spiro atoms. The van der Waals surface area contributed by atoms with Crippen LogP contribution in [-0.4, -0.2) is 12.0 Å². The van der Waals surface area contributed by atoms with Gasteiger partial charge >= 0.3 is 0 Å². The van der Waals surface area contributed by atoms with E-state index in [9.17, 15) is 9.18 Å². The molecule has 0 saturated heterocycles. The van der Waals surface area contributed by atoms with Crippen molar-refractivity contribution in [2.24, 2.45) is 0 Å². The largest absolute Gasteiger partial charge is 0.478 e. The maximum absolute atomic E-state index is 13.7. The number of nitrogens with one attached hydrogen (secondary N) is 1. The number of ether oxygens (including phenoxy) is 1. The van der Waals surface area contributed by atoms with Gasteiger partial charge in [0.05, 0.1) is 0 Å². The molecule has 0 saturated carbocycles. The first-order valence-corrected chi connectivity index (χ1v) is 7.84. The summed E-state index contributed by atoms with van der Waals surface area (Å²) in [4.78, 5) is 12.5. The number of para-hydroxylation sites is 2. The van der Waals surface area contributed by atoms with Gasteiger partial charge < -0.3 is 10.1 Å². The zero-order chi connectivity index (χ0) is 16.8. The second-order valence-corrected chi connectivity index (χ2v) is 5.68. The lowest BCUT2D eigenvalue weighted by atomic mass is 10.0. The van der Waals surface area contributed by atoms with Gasteiger partial charge in [0, 0.05) is 5.69 Å². The van der Waals surface area contributed by atoms with Gasteiger partial charge in [0.15, 0.2) is 17.7 Å². The fourth-order valence-corrected chi connectivity index (χ4v) is 2.34. The molecule has 0 aromatic heterocycles. The lowest BCUT2D eigenvalue weighted by Gasteiger charge is -2.19. The number of hydrogen-bond donors (Lipinski definition) is 1. The van der Waals surface area contributed by atoms with Crippen LogP contribution in [0.1, 0.15) is 38.7 Å². The summed E-state index contributed by atoms with van der Waals surface area (Å²) in [5, 5.41) is 2.90. The van der Waals surface area contributed by atoms with Gasteiger partial charge in [0.25, 0.3) is 5.91 Å². The minimum absolute atomic E-state index is 0.0895. The van der Waals surface area contributed by atoms with E-state index in [1.165, 1.54) is 12.1 Å². The van der Waals surface area contributed by atoms with E-state index in [1.807, 2.05) is 31.2 Å². The van der Waals surface area contributed by atoms with Crippen LogP contribution in [-0.2, 0) is 4.79 Å². The van der Waals surface area contributed by atoms with E-state index in [2.05, 4.69) is 19.2 Å². The van der Waals surface area contributed by atoms with E-state index in [4.69, 9.17) is 4.74 Å². The van der Waals surface area contributed by atoms with Crippen LogP contribution in [0.2, 0.25) is 0 Å². The van der Waals surface area contributed by atoms with Gasteiger partial charge in [-0.15, -0.1) is 0 Å². The highest BCUT2D eigenvalue weighted by atomic mass is 19.1. The molecule has 0 aliphatic heterocycles. The Morgan fingerprint density at radius 2 is 1.78 bits per heavy atom. The monoisotopic (exact) mass is 315 g/mol. The molecule has 0 aliphatic rings. The minimum atomic E-state index is -0.743. The van der Waals surface area contributed by atoms with Gasteiger partial charge in [-0.2, -0.15) is 0 Å². The first kappa shape index (κ1) is 17.0. The van der Waals surface area contributed by atoms with E-state index in [-0.39, 0.29) is 11.7 Å². The normalized spacial score (nSPS) is 12.0. The molecule has 1 N–H and O–H groups in total. The molecule has 23 heavy (non-hydrogen) atoms. The number of benzene rings is 2. The van der Waals surface area contributed by atoms with E-state index < -0.39 is 11.9 Å². The summed E-state index contributed by atoms with van der Waals surface area (Å²) in [6, 6.07) is 13.8. The lowest BCUT2D eigenvalue weighted by molar-refractivity contribution is -0.122. The van der Waals surface area contributed by atoms with E-state index in [1.54, 1.807) is 12.1 Å². The average Bonchev–Trinajstić information content (AvgIpc) is 2.54. The maximum Gasteiger partial charge on any atom is 0.265 e. The Hall–Kier alpha value is -2.36. The van der Waals surface area contributed by atoms with E-state index in [0.717, 1.165) is 11.3 Å². The molecular weight excluding hydrogens is 293 g/mol. The van der Waals surface area contributed by atoms with E-state index >= 15 is 0 Å². The Labute approximate surface area is 136 Å². The summed E-state index contributed by atoms with van der Waals surface area (Å²) in [7, 11) is 0. The Morgan fingerprint density at radius 1 is 1.13 bits per heavy atom. The van der Waals surface area contributed by atoms with Crippen LogP contribution in [0.4, 0.5) is 10.1 Å². The number of carbonyl (C=O) groups is 1. The highest BCUT2D eigenvalue weighted by molar-refractivity contribution is 5.95. The summed E-state index contributed by atoms with van der Waals surface area (Å²) in [6.45, 7) is 5.97. The molecule has 1 amide bonds. The van der Waals surface area contributed by atoms with Crippen LogP contribution in [0, 0.1) is 5.82 Å². The molecule has 3 nitrogen and oxygen atoms in total. The SMILES string of the molecule is CC[C@@H](Oc1ccccc1F)C(=O)Nc1ccccc1C(C)C. The third-order valence-electron chi connectivity index (χ3n) is 3.61. The van der Waals surface area contributed by atoms with Gasteiger partial charge in [0.1, 0.15) is 0 Å². The van der Waals surface area contributed by atoms with Gasteiger partial charge in [-0.25, -0.2) is 4.39 Å². The Morgan fingerprint density at radius 3 is 2.43 bits per heavy atom. The van der Waals surface area contributed by atoms with Crippen molar-refractivity contribution in [1.29, 1.82) is 0 Å². The molecular formula is C19H22FNO2. The van der Waals surface area contributed by atoms with Crippen LogP contribution in [0.5, 0.6) is 5.75 Å². The molecule has 1 atom stereocenters. The molecule has 0 unspecified atom stereocenters. The maximum atomic E-state index is 13.7. The zero-order valence-electron chi connectivity index (χ0n) is 13.7. The van der Waals surface area contributed by atoms with Gasteiger partial charge in [-0.3, -0.25) is 4.79 Å². The molecule has 0 radical (unpaired) electrons. The van der Waals surface area contributed by atoms with Crippen molar-refractivity contribution >= 4 is 11.6 Å². The number of rotatable bonds is 6. The predicted molar refractivity (Wildman–Crippen MR) is 90.3 cm³/mol. The molecule has 0 aliphatic carbocycles. The highest BCUT2D eigenvalue weighted by Gasteiger charge is 2.21. The fourth-order valence-electron chi connectivity index (χ4n) is 2.34. The van der Waals surface area contributed by atoms with Crippen LogP contribution < -0.4 is 10.1 Å². The van der Waals surface area contributed by atoms with Crippen LogP contribution in [0.3, 0.4) is 0 Å². The number of halogens is 1. The minimum Gasteiger partial charge on any atom is -0.478 e. The first-order chi connectivity index (χ1) is 11.0. The molecule has 2 rings (SSSR count). The highest BCUT2D eigenvalue weighted by Crippen LogP contribution is 2.24. The topological polar surface area (TPSA) is 38.3 Å². The molecule has 2 aromatic carbocycles. The molecule has 0 fully saturated rings. The first-order valence-electron chi connectivity index (χ1n) is 7.84. The van der Waals surface area contributed by atoms with Crippen molar-refractivity contribution in [2.75, 3.05) is 5.32 Å². The molecule has 4 heteroatoms. The zero-order valence-corrected chi connectivity index (χ0v) is 13.7. The van der Waals surface area contributed by atoms with Crippen molar-refractivity contribution in [2.45, 2.75) is 39.2 Å². The summed E-state index contributed by atoms with van der Waals surface area (Å²) < 4.78 is 19.2. The Bertz CT molecular complexity index is 670. The Balaban J connectivity index is 2.14. The smallest absolute Gasteiger partial charge is 0.265 e. The second-order valence-electron chi connectivity index (χ2n) is 5.68. The van der Waals surface area contributed by atoms with Crippen LogP contribution in [0.25, 0.3) is 0 Å². The second kappa shape index (κ2) is 7.77. The standard InChI is InChI=1S/C19H22FNO2/c1-4-17(23-18-12-8-6-10-15(18)20)19(22)21-16-11-7-5-9-14(16)13(2)3/h5-13,17H,4H2,1-3H3,(H,21,22)/t17-/m1/s1. The molecule has 122 valence electrons. The summed E-state index contributed by atoms with van der Waals surface area (Å²) in [5.74, 6) is -0.365. The van der Waals surface area contributed by atoms with Crippen molar-refractivity contribution in [3.63, 3.8) is 0 Å². The third kappa shape index (κ3) is 4.31. The number of amides is 1. The van der Waals surface area contributed by atoms with Gasteiger partial charge in [-0.05, 0) is 36.1 Å². The predicted octanol–water partition coefficient (Wildman–Crippen LogP) is 4.75. The van der Waals surface area contributed by atoms with Crippen molar-refractivity contribution in [1.82, 2.24) is 0 Å². The average molecular weight is 315 g/mol. The van der Waals surface area contributed by atoms with Gasteiger partial charge in [-0.1, -0.05) is 51.1 Å². The van der Waals surface area contributed by atoms with Crippen molar-refractivity contribution in [3.8, 4) is 5.75 Å². The van der Waals surface area contributed by atoms with Crippen molar-refractivity contribution < 1.29 is 13.9 Å². The van der Waals surface area contributed by atoms with E-state index in [0.29, 0.717) is 12.3 Å². The molecule has 0 heterocycles. The number of anilines is 1. The number of carbonyl (C=O) groups excluding carboxylic acids is 1. The summed E-state index contributed by atoms with van der Waals surface area (Å²) in [6.07, 6.45) is -0.295. The lowest BCUT2D eigenvalue weighted by Crippen LogP contribution is -2.33. The molecule has 2 aromatic rings. The quantitative estimate of drug-likeness (QED) is 0.835. The summed E-state index contributed by atoms with van der Waals surface area (Å²) >= 11 is 0. The van der Waals surface area contributed by atoms with Crippen molar-refractivity contribution in [3.05, 3.63) is 59.9 Å². The number of hydrogen-bond acceptors (Lipinski definition) is 2. The van der Waals surface area contributed by atoms with Gasteiger partial charge in [0.2, 0.25) is 0 Å². The third-order valence-corrected chi connectivity index (χ3v) is 3.61.